The van der Waals surface area contributed by atoms with Crippen LogP contribution in [-0.4, -0.2) is 17.1 Å². The topological polar surface area (TPSA) is 29.3 Å². The largest absolute Gasteiger partial charge is 0.423 e. The van der Waals surface area contributed by atoms with Gasteiger partial charge in [-0.1, -0.05) is 19.9 Å². The maximum Gasteiger partial charge on any atom is 0.298 e. The first-order valence-electron chi connectivity index (χ1n) is 6.46. The average Bonchev–Trinajstić information content (AvgIpc) is 2.68. The first-order valence-corrected chi connectivity index (χ1v) is 6.46. The Morgan fingerprint density at radius 3 is 2.56 bits per heavy atom. The van der Waals surface area contributed by atoms with Crippen molar-refractivity contribution in [1.29, 1.82) is 0 Å². The minimum absolute atomic E-state index is 0.0862. The van der Waals surface area contributed by atoms with Crippen molar-refractivity contribution >= 4 is 17.1 Å². The van der Waals surface area contributed by atoms with E-state index in [2.05, 4.69) is 56.6 Å². The lowest BCUT2D eigenvalue weighted by atomic mass is 9.65. The van der Waals surface area contributed by atoms with Crippen LogP contribution < -0.4 is 4.90 Å². The van der Waals surface area contributed by atoms with Gasteiger partial charge >= 0.3 is 0 Å². The second-order valence-corrected chi connectivity index (χ2v) is 6.50. The Kier molecular flexibility index (Phi) is 2.11. The number of hydrogen-bond acceptors (Lipinski definition) is 3. The standard InChI is InChI=1S/C15H20N2O/c1-10-6-7-12-11(8-10)16-13(18-12)17-9-14(2,3)15(17,4)5/h6-8H,9H2,1-5H3. The van der Waals surface area contributed by atoms with Gasteiger partial charge in [-0.25, -0.2) is 0 Å². The fraction of sp³-hybridized carbons (Fsp3) is 0.533. The van der Waals surface area contributed by atoms with Crippen LogP contribution >= 0.6 is 0 Å². The average molecular weight is 244 g/mol. The molecule has 0 radical (unpaired) electrons. The third-order valence-corrected chi connectivity index (χ3v) is 4.65. The second kappa shape index (κ2) is 3.28. The summed E-state index contributed by atoms with van der Waals surface area (Å²) in [4.78, 5) is 6.87. The second-order valence-electron chi connectivity index (χ2n) is 6.50. The summed E-state index contributed by atoms with van der Waals surface area (Å²) in [5.74, 6) is 0. The zero-order chi connectivity index (χ0) is 13.1. The molecule has 1 aromatic heterocycles. The molecule has 0 saturated carbocycles. The Morgan fingerprint density at radius 1 is 1.22 bits per heavy atom. The summed E-state index contributed by atoms with van der Waals surface area (Å²) in [5, 5.41) is 0. The molecule has 0 bridgehead atoms. The summed E-state index contributed by atoms with van der Waals surface area (Å²) in [7, 11) is 0. The van der Waals surface area contributed by atoms with Crippen molar-refractivity contribution in [2.45, 2.75) is 40.2 Å². The Bertz CT molecular complexity index is 610. The van der Waals surface area contributed by atoms with E-state index in [0.29, 0.717) is 5.41 Å². The number of benzene rings is 1. The van der Waals surface area contributed by atoms with Crippen molar-refractivity contribution in [2.75, 3.05) is 11.4 Å². The van der Waals surface area contributed by atoms with Crippen molar-refractivity contribution in [2.24, 2.45) is 5.41 Å². The molecule has 0 unspecified atom stereocenters. The fourth-order valence-corrected chi connectivity index (χ4v) is 2.51. The Morgan fingerprint density at radius 2 is 1.94 bits per heavy atom. The van der Waals surface area contributed by atoms with Crippen LogP contribution in [0.2, 0.25) is 0 Å². The quantitative estimate of drug-likeness (QED) is 0.765. The molecule has 1 aromatic carbocycles. The van der Waals surface area contributed by atoms with Crippen molar-refractivity contribution in [1.82, 2.24) is 4.98 Å². The molecular formula is C15H20N2O. The molecule has 1 saturated heterocycles. The van der Waals surface area contributed by atoms with Crippen LogP contribution in [0.1, 0.15) is 33.3 Å². The molecule has 96 valence electrons. The van der Waals surface area contributed by atoms with Gasteiger partial charge in [0.25, 0.3) is 6.01 Å². The third kappa shape index (κ3) is 1.39. The monoisotopic (exact) mass is 244 g/mol. The summed E-state index contributed by atoms with van der Waals surface area (Å²) in [6, 6.07) is 6.88. The van der Waals surface area contributed by atoms with E-state index in [1.54, 1.807) is 0 Å². The summed E-state index contributed by atoms with van der Waals surface area (Å²) in [5.41, 5.74) is 3.42. The Balaban J connectivity index is 2.02. The van der Waals surface area contributed by atoms with Gasteiger partial charge in [-0.3, -0.25) is 0 Å². The molecule has 3 rings (SSSR count). The predicted octanol–water partition coefficient (Wildman–Crippen LogP) is 3.76. The van der Waals surface area contributed by atoms with Crippen molar-refractivity contribution in [3.8, 4) is 0 Å². The lowest BCUT2D eigenvalue weighted by molar-refractivity contribution is 0.0897. The summed E-state index contributed by atoms with van der Waals surface area (Å²) in [6.45, 7) is 12.1. The van der Waals surface area contributed by atoms with E-state index in [0.717, 1.165) is 23.7 Å². The van der Waals surface area contributed by atoms with Gasteiger partial charge in [-0.05, 0) is 38.5 Å². The zero-order valence-corrected chi connectivity index (χ0v) is 11.7. The molecule has 1 aliphatic rings. The first-order chi connectivity index (χ1) is 8.31. The number of rotatable bonds is 1. The van der Waals surface area contributed by atoms with E-state index < -0.39 is 0 Å². The lowest BCUT2D eigenvalue weighted by Gasteiger charge is -2.60. The maximum atomic E-state index is 5.87. The molecular weight excluding hydrogens is 224 g/mol. The SMILES string of the molecule is Cc1ccc2oc(N3CC(C)(C)C3(C)C)nc2c1. The smallest absolute Gasteiger partial charge is 0.298 e. The van der Waals surface area contributed by atoms with Crippen LogP contribution in [0.4, 0.5) is 6.01 Å². The van der Waals surface area contributed by atoms with E-state index in [9.17, 15) is 0 Å². The summed E-state index contributed by atoms with van der Waals surface area (Å²) >= 11 is 0. The first kappa shape index (κ1) is 11.6. The molecule has 18 heavy (non-hydrogen) atoms. The molecule has 0 spiro atoms. The molecule has 3 nitrogen and oxygen atoms in total. The van der Waals surface area contributed by atoms with Gasteiger partial charge in [0.15, 0.2) is 5.58 Å². The number of aryl methyl sites for hydroxylation is 1. The van der Waals surface area contributed by atoms with Crippen LogP contribution in [0.25, 0.3) is 11.1 Å². The third-order valence-electron chi connectivity index (χ3n) is 4.65. The van der Waals surface area contributed by atoms with Gasteiger partial charge in [0.2, 0.25) is 0 Å². The molecule has 2 aromatic rings. The molecule has 0 amide bonds. The highest BCUT2D eigenvalue weighted by atomic mass is 16.4. The molecule has 2 heterocycles. The van der Waals surface area contributed by atoms with Gasteiger partial charge in [0.05, 0.1) is 0 Å². The molecule has 0 atom stereocenters. The number of oxazole rings is 1. The van der Waals surface area contributed by atoms with Crippen LogP contribution in [0.3, 0.4) is 0 Å². The van der Waals surface area contributed by atoms with E-state index in [4.69, 9.17) is 4.42 Å². The Hall–Kier alpha value is -1.51. The molecule has 1 fully saturated rings. The van der Waals surface area contributed by atoms with Gasteiger partial charge < -0.3 is 9.32 Å². The summed E-state index contributed by atoms with van der Waals surface area (Å²) in [6.07, 6.45) is 0. The highest BCUT2D eigenvalue weighted by Gasteiger charge is 2.54. The highest BCUT2D eigenvalue weighted by Crippen LogP contribution is 2.48. The van der Waals surface area contributed by atoms with E-state index >= 15 is 0 Å². The van der Waals surface area contributed by atoms with Crippen molar-refractivity contribution < 1.29 is 4.42 Å². The number of fused-ring (bicyclic) bond motifs is 1. The minimum atomic E-state index is 0.0862. The molecule has 0 aliphatic carbocycles. The predicted molar refractivity (Wildman–Crippen MR) is 74.0 cm³/mol. The number of anilines is 1. The molecule has 0 N–H and O–H groups in total. The number of hydrogen-bond donors (Lipinski definition) is 0. The van der Waals surface area contributed by atoms with E-state index in [-0.39, 0.29) is 5.54 Å². The van der Waals surface area contributed by atoms with Crippen molar-refractivity contribution in [3.05, 3.63) is 23.8 Å². The lowest BCUT2D eigenvalue weighted by Crippen LogP contribution is -2.69. The van der Waals surface area contributed by atoms with E-state index in [1.807, 2.05) is 6.07 Å². The van der Waals surface area contributed by atoms with Gasteiger partial charge in [0.1, 0.15) is 5.52 Å². The minimum Gasteiger partial charge on any atom is -0.423 e. The van der Waals surface area contributed by atoms with Gasteiger partial charge in [0, 0.05) is 17.5 Å². The normalized spacial score (nSPS) is 21.1. The van der Waals surface area contributed by atoms with Crippen LogP contribution in [-0.2, 0) is 0 Å². The van der Waals surface area contributed by atoms with E-state index in [1.165, 1.54) is 5.56 Å². The molecule has 3 heteroatoms. The van der Waals surface area contributed by atoms with Crippen LogP contribution in [0, 0.1) is 12.3 Å². The highest BCUT2D eigenvalue weighted by molar-refractivity contribution is 5.75. The number of aromatic nitrogens is 1. The zero-order valence-electron chi connectivity index (χ0n) is 11.7. The maximum absolute atomic E-state index is 5.87. The van der Waals surface area contributed by atoms with Crippen molar-refractivity contribution in [3.63, 3.8) is 0 Å². The summed E-state index contributed by atoms with van der Waals surface area (Å²) < 4.78 is 5.87. The fourth-order valence-electron chi connectivity index (χ4n) is 2.51. The molecule has 1 aliphatic heterocycles. The Labute approximate surface area is 108 Å². The van der Waals surface area contributed by atoms with Crippen LogP contribution in [0.15, 0.2) is 22.6 Å². The van der Waals surface area contributed by atoms with Crippen LogP contribution in [0.5, 0.6) is 0 Å². The number of nitrogens with zero attached hydrogens (tertiary/aromatic N) is 2. The van der Waals surface area contributed by atoms with Gasteiger partial charge in [-0.2, -0.15) is 4.98 Å². The van der Waals surface area contributed by atoms with Gasteiger partial charge in [-0.15, -0.1) is 0 Å².